The molecule has 0 amide bonds. The zero-order chi connectivity index (χ0) is 32.8. The number of unbranched alkanes of at least 4 members (excludes halogenated alkanes) is 4. The maximum Gasteiger partial charge on any atom is 0.333 e. The molecule has 42 heavy (non-hydrogen) atoms. The maximum absolute atomic E-state index is 12.4. The van der Waals surface area contributed by atoms with Crippen molar-refractivity contribution in [3.05, 3.63) is 24.3 Å². The van der Waals surface area contributed by atoms with E-state index in [2.05, 4.69) is 13.2 Å². The van der Waals surface area contributed by atoms with E-state index in [9.17, 15) is 19.2 Å². The first kappa shape index (κ1) is 39.4. The monoisotopic (exact) mass is 594 g/mol. The third-order valence-corrected chi connectivity index (χ3v) is 6.86. The van der Waals surface area contributed by atoms with Crippen LogP contribution in [0.4, 0.5) is 0 Å². The minimum atomic E-state index is -0.681. The Morgan fingerprint density at radius 2 is 0.738 bits per heavy atom. The number of ether oxygens (including phenoxy) is 4. The van der Waals surface area contributed by atoms with Crippen molar-refractivity contribution in [3.63, 3.8) is 0 Å². The Hall–Kier alpha value is -2.64. The van der Waals surface area contributed by atoms with Gasteiger partial charge in [0, 0.05) is 24.0 Å². The predicted octanol–water partition coefficient (Wildman–Crippen LogP) is 8.11. The Labute approximate surface area is 255 Å². The molecule has 8 heteroatoms. The highest BCUT2D eigenvalue weighted by Gasteiger charge is 2.30. The molecule has 0 aliphatic rings. The lowest BCUT2D eigenvalue weighted by Gasteiger charge is -2.31. The summed E-state index contributed by atoms with van der Waals surface area (Å²) in [4.78, 5) is 48.4. The van der Waals surface area contributed by atoms with E-state index in [1.807, 2.05) is 55.4 Å². The quantitative estimate of drug-likeness (QED) is 0.0568. The summed E-state index contributed by atoms with van der Waals surface area (Å²) in [5.41, 5.74) is -1.75. The van der Waals surface area contributed by atoms with Crippen LogP contribution in [0, 0.1) is 0 Å². The summed E-state index contributed by atoms with van der Waals surface area (Å²) >= 11 is 0. The van der Waals surface area contributed by atoms with Gasteiger partial charge in [0.25, 0.3) is 0 Å². The van der Waals surface area contributed by atoms with E-state index in [0.717, 1.165) is 25.7 Å². The molecule has 0 rings (SSSR count). The molecule has 0 bridgehead atoms. The Morgan fingerprint density at radius 1 is 0.452 bits per heavy atom. The molecule has 0 aromatic rings. The molecule has 8 nitrogen and oxygen atoms in total. The number of carbonyl (C=O) groups is 4. The number of hydrogen-bond acceptors (Lipinski definition) is 8. The van der Waals surface area contributed by atoms with Crippen LogP contribution in [-0.4, -0.2) is 46.3 Å². The fraction of sp³-hybridized carbons (Fsp3) is 0.765. The van der Waals surface area contributed by atoms with Gasteiger partial charge in [0.2, 0.25) is 0 Å². The van der Waals surface area contributed by atoms with Crippen LogP contribution < -0.4 is 0 Å². The average Bonchev–Trinajstić information content (AvgIpc) is 2.81. The van der Waals surface area contributed by atoms with Crippen LogP contribution in [0.15, 0.2) is 24.3 Å². The third-order valence-electron chi connectivity index (χ3n) is 6.86. The van der Waals surface area contributed by atoms with Gasteiger partial charge in [0.1, 0.15) is 22.4 Å². The maximum atomic E-state index is 12.4. The topological polar surface area (TPSA) is 105 Å². The van der Waals surface area contributed by atoms with Crippen molar-refractivity contribution in [2.45, 2.75) is 169 Å². The largest absolute Gasteiger partial charge is 0.460 e. The van der Waals surface area contributed by atoms with Crippen LogP contribution in [0.5, 0.6) is 0 Å². The predicted molar refractivity (Wildman–Crippen MR) is 166 cm³/mol. The van der Waals surface area contributed by atoms with E-state index < -0.39 is 22.4 Å². The summed E-state index contributed by atoms with van der Waals surface area (Å²) in [6.45, 7) is 25.4. The van der Waals surface area contributed by atoms with Gasteiger partial charge in [0.05, 0.1) is 0 Å². The highest BCUT2D eigenvalue weighted by atomic mass is 16.6. The first-order valence-corrected chi connectivity index (χ1v) is 15.3. The Bertz CT molecular complexity index is 863. The fourth-order valence-corrected chi connectivity index (χ4v) is 4.19. The van der Waals surface area contributed by atoms with Crippen molar-refractivity contribution in [2.75, 3.05) is 0 Å². The molecule has 0 aliphatic carbocycles. The van der Waals surface area contributed by atoms with Gasteiger partial charge < -0.3 is 18.9 Å². The number of carbonyl (C=O) groups excluding carboxylic acids is 4. The fourth-order valence-electron chi connectivity index (χ4n) is 4.19. The molecule has 0 unspecified atom stereocenters. The molecule has 0 saturated heterocycles. The first-order chi connectivity index (χ1) is 19.1. The van der Waals surface area contributed by atoms with Crippen molar-refractivity contribution < 1.29 is 38.1 Å². The van der Waals surface area contributed by atoms with E-state index in [4.69, 9.17) is 18.9 Å². The molecule has 0 aromatic carbocycles. The van der Waals surface area contributed by atoms with E-state index in [0.29, 0.717) is 62.5 Å². The van der Waals surface area contributed by atoms with Crippen molar-refractivity contribution in [1.29, 1.82) is 0 Å². The molecule has 0 heterocycles. The molecule has 0 radical (unpaired) electrons. The molecule has 0 aliphatic heterocycles. The molecule has 0 saturated carbocycles. The third kappa shape index (κ3) is 19.5. The van der Waals surface area contributed by atoms with Gasteiger partial charge in [-0.2, -0.15) is 0 Å². The van der Waals surface area contributed by atoms with Gasteiger partial charge in [-0.05, 0) is 121 Å². The highest BCUT2D eigenvalue weighted by molar-refractivity contribution is 5.87. The lowest BCUT2D eigenvalue weighted by molar-refractivity contribution is -0.164. The standard InChI is InChI=1S/C34H58O8/c1-25(2)29(37)41-31(5,6)21-17-13-15-19-27(35)39-33(9,10)23-24-34(11,12)40-28(36)20-16-14-18-22-32(7,8)42-30(38)26(3)4/h1,3,13-24H2,2,4-12H3. The van der Waals surface area contributed by atoms with Gasteiger partial charge >= 0.3 is 23.9 Å². The summed E-state index contributed by atoms with van der Waals surface area (Å²) in [5, 5.41) is 0. The lowest BCUT2D eigenvalue weighted by atomic mass is 9.93. The van der Waals surface area contributed by atoms with Gasteiger partial charge in [0.15, 0.2) is 0 Å². The van der Waals surface area contributed by atoms with Crippen molar-refractivity contribution in [1.82, 2.24) is 0 Å². The second-order valence-electron chi connectivity index (χ2n) is 13.9. The van der Waals surface area contributed by atoms with Crippen LogP contribution in [0.1, 0.15) is 146 Å². The summed E-state index contributed by atoms with van der Waals surface area (Å²) in [6.07, 6.45) is 7.85. The summed E-state index contributed by atoms with van der Waals surface area (Å²) < 4.78 is 22.4. The van der Waals surface area contributed by atoms with E-state index >= 15 is 0 Å². The van der Waals surface area contributed by atoms with Crippen LogP contribution >= 0.6 is 0 Å². The first-order valence-electron chi connectivity index (χ1n) is 15.3. The van der Waals surface area contributed by atoms with Gasteiger partial charge in [-0.1, -0.05) is 26.0 Å². The van der Waals surface area contributed by atoms with Crippen LogP contribution in [-0.2, 0) is 38.1 Å². The molecular weight excluding hydrogens is 536 g/mol. The van der Waals surface area contributed by atoms with Crippen LogP contribution in [0.2, 0.25) is 0 Å². The molecule has 0 aromatic heterocycles. The average molecular weight is 595 g/mol. The van der Waals surface area contributed by atoms with Crippen LogP contribution in [0.3, 0.4) is 0 Å². The number of hydrogen-bond donors (Lipinski definition) is 0. The molecule has 0 fully saturated rings. The summed E-state index contributed by atoms with van der Waals surface area (Å²) in [5.74, 6) is -1.28. The minimum absolute atomic E-state index is 0.250. The van der Waals surface area contributed by atoms with Crippen molar-refractivity contribution >= 4 is 23.9 Å². The second-order valence-corrected chi connectivity index (χ2v) is 13.9. The smallest absolute Gasteiger partial charge is 0.333 e. The van der Waals surface area contributed by atoms with E-state index in [1.54, 1.807) is 13.8 Å². The summed E-state index contributed by atoms with van der Waals surface area (Å²) in [6, 6.07) is 0. The summed E-state index contributed by atoms with van der Waals surface area (Å²) in [7, 11) is 0. The second kappa shape index (κ2) is 17.5. The number of rotatable bonds is 21. The van der Waals surface area contributed by atoms with E-state index in [-0.39, 0.29) is 23.9 Å². The van der Waals surface area contributed by atoms with Crippen molar-refractivity contribution in [3.8, 4) is 0 Å². The van der Waals surface area contributed by atoms with Gasteiger partial charge in [-0.15, -0.1) is 0 Å². The van der Waals surface area contributed by atoms with Crippen molar-refractivity contribution in [2.24, 2.45) is 0 Å². The Kier molecular flexibility index (Phi) is 16.4. The molecule has 242 valence electrons. The zero-order valence-corrected chi connectivity index (χ0v) is 28.2. The SMILES string of the molecule is C=C(C)C(=O)OC(C)(C)CCCCCC(=O)OC(C)(C)CCC(C)(C)OC(=O)CCCCCC(C)(C)OC(=O)C(=C)C. The molecule has 0 atom stereocenters. The normalized spacial score (nSPS) is 12.3. The molecular formula is C34H58O8. The van der Waals surface area contributed by atoms with Crippen LogP contribution in [0.25, 0.3) is 0 Å². The minimum Gasteiger partial charge on any atom is -0.460 e. The Balaban J connectivity index is 4.30. The molecule has 0 N–H and O–H groups in total. The zero-order valence-electron chi connectivity index (χ0n) is 28.2. The number of esters is 4. The van der Waals surface area contributed by atoms with Gasteiger partial charge in [-0.3, -0.25) is 9.59 Å². The van der Waals surface area contributed by atoms with E-state index in [1.165, 1.54) is 0 Å². The Morgan fingerprint density at radius 3 is 1.02 bits per heavy atom. The highest BCUT2D eigenvalue weighted by Crippen LogP contribution is 2.27. The molecule has 0 spiro atoms. The lowest BCUT2D eigenvalue weighted by Crippen LogP contribution is -2.34. The van der Waals surface area contributed by atoms with Gasteiger partial charge in [-0.25, -0.2) is 9.59 Å².